The number of piperidine rings is 1. The molecule has 3 nitrogen and oxygen atoms in total. The molecule has 1 fully saturated rings. The maximum absolute atomic E-state index is 12.6. The van der Waals surface area contributed by atoms with Gasteiger partial charge >= 0.3 is 0 Å². The zero-order valence-corrected chi connectivity index (χ0v) is 16.2. The van der Waals surface area contributed by atoms with Crippen LogP contribution >= 0.6 is 0 Å². The second-order valence-corrected chi connectivity index (χ2v) is 7.59. The van der Waals surface area contributed by atoms with Crippen molar-refractivity contribution in [3.05, 3.63) is 70.3 Å². The summed E-state index contributed by atoms with van der Waals surface area (Å²) in [5, 5.41) is 3.11. The molecule has 2 aromatic rings. The first-order chi connectivity index (χ1) is 12.5. The Morgan fingerprint density at radius 3 is 2.62 bits per heavy atom. The number of aryl methyl sites for hydroxylation is 2. The molecule has 26 heavy (non-hydrogen) atoms. The van der Waals surface area contributed by atoms with Crippen molar-refractivity contribution in [3.8, 4) is 0 Å². The van der Waals surface area contributed by atoms with Gasteiger partial charge in [0.15, 0.2) is 0 Å². The molecule has 3 rings (SSSR count). The van der Waals surface area contributed by atoms with E-state index in [1.54, 1.807) is 0 Å². The van der Waals surface area contributed by atoms with Crippen LogP contribution in [0.25, 0.3) is 0 Å². The molecule has 1 atom stereocenters. The predicted octanol–water partition coefficient (Wildman–Crippen LogP) is 4.61. The van der Waals surface area contributed by atoms with Crippen molar-refractivity contribution in [1.29, 1.82) is 0 Å². The highest BCUT2D eigenvalue weighted by Crippen LogP contribution is 2.21. The molecule has 2 aromatic carbocycles. The monoisotopic (exact) mass is 350 g/mol. The quantitative estimate of drug-likeness (QED) is 0.854. The lowest BCUT2D eigenvalue weighted by Gasteiger charge is -2.33. The minimum Gasteiger partial charge on any atom is -0.348 e. The van der Waals surface area contributed by atoms with Gasteiger partial charge in [-0.3, -0.25) is 9.69 Å². The lowest BCUT2D eigenvalue weighted by atomic mass is 10.0. The van der Waals surface area contributed by atoms with E-state index in [-0.39, 0.29) is 5.91 Å². The van der Waals surface area contributed by atoms with Crippen LogP contribution in [0.4, 0.5) is 0 Å². The summed E-state index contributed by atoms with van der Waals surface area (Å²) in [6.07, 6.45) is 3.91. The Morgan fingerprint density at radius 2 is 1.88 bits per heavy atom. The molecule has 1 saturated heterocycles. The van der Waals surface area contributed by atoms with Crippen LogP contribution in [-0.4, -0.2) is 23.4 Å². The second kappa shape index (κ2) is 8.50. The summed E-state index contributed by atoms with van der Waals surface area (Å²) in [6, 6.07) is 15.1. The average molecular weight is 351 g/mol. The van der Waals surface area contributed by atoms with Crippen molar-refractivity contribution in [3.63, 3.8) is 0 Å². The molecule has 0 aromatic heterocycles. The molecule has 0 aliphatic carbocycles. The molecular weight excluding hydrogens is 320 g/mol. The Hall–Kier alpha value is -2.13. The fourth-order valence-electron chi connectivity index (χ4n) is 3.83. The Morgan fingerprint density at radius 1 is 1.12 bits per heavy atom. The molecule has 0 radical (unpaired) electrons. The lowest BCUT2D eigenvalue weighted by molar-refractivity contribution is 0.0950. The second-order valence-electron chi connectivity index (χ2n) is 7.59. The number of nitrogens with zero attached hydrogens (tertiary/aromatic N) is 1. The number of benzene rings is 2. The van der Waals surface area contributed by atoms with Gasteiger partial charge in [-0.25, -0.2) is 0 Å². The molecule has 0 bridgehead atoms. The SMILES string of the molecule is Cc1ccc(C(=O)NCc2ccccc2CN2CCCCC2C)c(C)c1. The van der Waals surface area contributed by atoms with Gasteiger partial charge in [-0.2, -0.15) is 0 Å². The van der Waals surface area contributed by atoms with E-state index in [2.05, 4.69) is 47.5 Å². The first-order valence-electron chi connectivity index (χ1n) is 9.71. The zero-order chi connectivity index (χ0) is 18.5. The van der Waals surface area contributed by atoms with Crippen LogP contribution in [0, 0.1) is 13.8 Å². The maximum atomic E-state index is 12.6. The van der Waals surface area contributed by atoms with Crippen LogP contribution in [0.5, 0.6) is 0 Å². The molecule has 1 aliphatic heterocycles. The molecule has 0 saturated carbocycles. The molecule has 1 amide bonds. The van der Waals surface area contributed by atoms with Crippen molar-refractivity contribution in [2.75, 3.05) is 6.54 Å². The fraction of sp³-hybridized carbons (Fsp3) is 0.435. The Bertz CT molecular complexity index is 769. The van der Waals surface area contributed by atoms with Crippen LogP contribution in [0.2, 0.25) is 0 Å². The molecule has 1 aliphatic rings. The number of carbonyl (C=O) groups excluding carboxylic acids is 1. The van der Waals surface area contributed by atoms with Gasteiger partial charge in [-0.1, -0.05) is 48.4 Å². The van der Waals surface area contributed by atoms with E-state index < -0.39 is 0 Å². The normalized spacial score (nSPS) is 17.9. The summed E-state index contributed by atoms with van der Waals surface area (Å²) in [6.45, 7) is 9.08. The first kappa shape index (κ1) is 18.7. The molecule has 3 heteroatoms. The van der Waals surface area contributed by atoms with Gasteiger partial charge in [0.2, 0.25) is 0 Å². The van der Waals surface area contributed by atoms with E-state index in [0.29, 0.717) is 12.6 Å². The standard InChI is InChI=1S/C23H30N2O/c1-17-11-12-22(18(2)14-17)23(26)24-15-20-9-4-5-10-21(20)16-25-13-7-6-8-19(25)3/h4-5,9-12,14,19H,6-8,13,15-16H2,1-3H3,(H,24,26). The van der Waals surface area contributed by atoms with Crippen LogP contribution in [0.15, 0.2) is 42.5 Å². The van der Waals surface area contributed by atoms with Gasteiger partial charge in [0.1, 0.15) is 0 Å². The highest BCUT2D eigenvalue weighted by molar-refractivity contribution is 5.95. The molecule has 1 unspecified atom stereocenters. The average Bonchev–Trinajstić information content (AvgIpc) is 2.62. The van der Waals surface area contributed by atoms with Gasteiger partial charge in [-0.15, -0.1) is 0 Å². The van der Waals surface area contributed by atoms with Crippen LogP contribution < -0.4 is 5.32 Å². The topological polar surface area (TPSA) is 32.3 Å². The van der Waals surface area contributed by atoms with Crippen molar-refractivity contribution in [2.45, 2.75) is 59.2 Å². The van der Waals surface area contributed by atoms with Crippen molar-refractivity contribution in [1.82, 2.24) is 10.2 Å². The summed E-state index contributed by atoms with van der Waals surface area (Å²) in [5.41, 5.74) is 5.50. The molecular formula is C23H30N2O. The Kier molecular flexibility index (Phi) is 6.10. The van der Waals surface area contributed by atoms with E-state index in [9.17, 15) is 4.79 Å². The van der Waals surface area contributed by atoms with Gasteiger partial charge in [0.05, 0.1) is 0 Å². The number of carbonyl (C=O) groups is 1. The molecule has 138 valence electrons. The summed E-state index contributed by atoms with van der Waals surface area (Å²) in [5.74, 6) is 0.00337. The summed E-state index contributed by atoms with van der Waals surface area (Å²) < 4.78 is 0. The highest BCUT2D eigenvalue weighted by Gasteiger charge is 2.19. The molecule has 1 N–H and O–H groups in total. The number of hydrogen-bond acceptors (Lipinski definition) is 2. The highest BCUT2D eigenvalue weighted by atomic mass is 16.1. The van der Waals surface area contributed by atoms with Crippen LogP contribution in [-0.2, 0) is 13.1 Å². The number of amides is 1. The van der Waals surface area contributed by atoms with E-state index >= 15 is 0 Å². The van der Waals surface area contributed by atoms with Crippen molar-refractivity contribution in [2.24, 2.45) is 0 Å². The number of hydrogen-bond donors (Lipinski definition) is 1. The number of likely N-dealkylation sites (tertiary alicyclic amines) is 1. The summed E-state index contributed by atoms with van der Waals surface area (Å²) >= 11 is 0. The third kappa shape index (κ3) is 4.53. The van der Waals surface area contributed by atoms with E-state index in [1.807, 2.05) is 26.0 Å². The largest absolute Gasteiger partial charge is 0.348 e. The van der Waals surface area contributed by atoms with Crippen molar-refractivity contribution >= 4 is 5.91 Å². The van der Waals surface area contributed by atoms with Gasteiger partial charge < -0.3 is 5.32 Å². The summed E-state index contributed by atoms with van der Waals surface area (Å²) in [4.78, 5) is 15.1. The van der Waals surface area contributed by atoms with Crippen LogP contribution in [0.3, 0.4) is 0 Å². The first-order valence-corrected chi connectivity index (χ1v) is 9.71. The van der Waals surface area contributed by atoms with Gasteiger partial charge in [0.25, 0.3) is 5.91 Å². The smallest absolute Gasteiger partial charge is 0.251 e. The van der Waals surface area contributed by atoms with E-state index in [0.717, 1.165) is 17.7 Å². The minimum atomic E-state index is 0.00337. The lowest BCUT2D eigenvalue weighted by Crippen LogP contribution is -2.37. The van der Waals surface area contributed by atoms with E-state index in [4.69, 9.17) is 0 Å². The Labute approximate surface area is 157 Å². The fourth-order valence-corrected chi connectivity index (χ4v) is 3.83. The third-order valence-electron chi connectivity index (χ3n) is 5.50. The number of nitrogens with one attached hydrogen (secondary N) is 1. The number of rotatable bonds is 5. The summed E-state index contributed by atoms with van der Waals surface area (Å²) in [7, 11) is 0. The minimum absolute atomic E-state index is 0.00337. The van der Waals surface area contributed by atoms with Gasteiger partial charge in [-0.05, 0) is 62.9 Å². The molecule has 1 heterocycles. The predicted molar refractivity (Wildman–Crippen MR) is 107 cm³/mol. The third-order valence-corrected chi connectivity index (χ3v) is 5.50. The zero-order valence-electron chi connectivity index (χ0n) is 16.2. The molecule has 0 spiro atoms. The Balaban J connectivity index is 1.67. The van der Waals surface area contributed by atoms with Crippen molar-refractivity contribution < 1.29 is 4.79 Å². The van der Waals surface area contributed by atoms with E-state index in [1.165, 1.54) is 42.5 Å². The van der Waals surface area contributed by atoms with Gasteiger partial charge in [0, 0.05) is 24.7 Å². The van der Waals surface area contributed by atoms with Crippen LogP contribution in [0.1, 0.15) is 58.8 Å². The maximum Gasteiger partial charge on any atom is 0.251 e.